The molecule has 0 spiro atoms. The molecule has 3 atom stereocenters. The van der Waals surface area contributed by atoms with Crippen LogP contribution in [0.4, 0.5) is 4.39 Å². The maximum Gasteiger partial charge on any atom is 0.230 e. The number of rotatable bonds is 4. The summed E-state index contributed by atoms with van der Waals surface area (Å²) in [6.07, 6.45) is 2.71. The van der Waals surface area contributed by atoms with E-state index in [1.54, 1.807) is 30.5 Å². The van der Waals surface area contributed by atoms with Crippen LogP contribution in [0, 0.1) is 17.7 Å². The van der Waals surface area contributed by atoms with E-state index in [0.717, 1.165) is 19.5 Å². The number of hydrogen-bond acceptors (Lipinski definition) is 6. The number of aromatic hydroxyl groups is 1. The zero-order chi connectivity index (χ0) is 20.8. The number of hydrogen-bond donors (Lipinski definition) is 1. The number of benzene rings is 1. The number of likely N-dealkylation sites (tertiary alicyclic amines) is 1. The Kier molecular flexibility index (Phi) is 4.83. The van der Waals surface area contributed by atoms with Crippen molar-refractivity contribution in [2.45, 2.75) is 26.3 Å². The maximum absolute atomic E-state index is 14.9. The Balaban J connectivity index is 1.62. The van der Waals surface area contributed by atoms with Crippen LogP contribution in [0.15, 0.2) is 47.1 Å². The van der Waals surface area contributed by atoms with Gasteiger partial charge < -0.3 is 9.52 Å². The van der Waals surface area contributed by atoms with Crippen molar-refractivity contribution >= 4 is 16.3 Å². The number of aromatic nitrogens is 3. The van der Waals surface area contributed by atoms with Crippen LogP contribution in [-0.2, 0) is 0 Å². The zero-order valence-electron chi connectivity index (χ0n) is 16.8. The molecule has 1 aliphatic heterocycles. The third kappa shape index (κ3) is 3.30. The van der Waals surface area contributed by atoms with Crippen LogP contribution in [-0.4, -0.2) is 37.7 Å². The van der Waals surface area contributed by atoms with E-state index in [-0.39, 0.29) is 11.7 Å². The molecule has 1 fully saturated rings. The van der Waals surface area contributed by atoms with E-state index in [2.05, 4.69) is 28.8 Å². The highest BCUT2D eigenvalue weighted by atomic mass is 32.1. The molecule has 1 aromatic carbocycles. The number of nitrogens with zero attached hydrogens (tertiary/aromatic N) is 4. The number of halogens is 1. The fourth-order valence-corrected chi connectivity index (χ4v) is 5.67. The summed E-state index contributed by atoms with van der Waals surface area (Å²) in [4.78, 5) is 7.99. The average molecular weight is 427 g/mol. The lowest BCUT2D eigenvalue weighted by molar-refractivity contribution is 0.110. The van der Waals surface area contributed by atoms with Crippen LogP contribution in [0.1, 0.15) is 36.8 Å². The van der Waals surface area contributed by atoms with Crippen LogP contribution < -0.4 is 0 Å². The number of furan rings is 1. The van der Waals surface area contributed by atoms with Crippen molar-refractivity contribution in [1.29, 1.82) is 0 Å². The Bertz CT molecular complexity index is 1160. The summed E-state index contributed by atoms with van der Waals surface area (Å²) in [5.41, 5.74) is 0.560. The molecule has 6 nitrogen and oxygen atoms in total. The highest BCUT2D eigenvalue weighted by molar-refractivity contribution is 7.17. The fraction of sp³-hybridized carbons (Fsp3) is 0.364. The monoisotopic (exact) mass is 426 g/mol. The molecular weight excluding hydrogens is 403 g/mol. The third-order valence-electron chi connectivity index (χ3n) is 5.65. The van der Waals surface area contributed by atoms with Gasteiger partial charge in [0, 0.05) is 18.7 Å². The quantitative estimate of drug-likeness (QED) is 0.499. The van der Waals surface area contributed by atoms with Crippen LogP contribution in [0.25, 0.3) is 16.5 Å². The van der Waals surface area contributed by atoms with Crippen LogP contribution in [0.2, 0.25) is 0 Å². The maximum atomic E-state index is 14.9. The van der Waals surface area contributed by atoms with Crippen molar-refractivity contribution in [3.05, 3.63) is 58.9 Å². The molecule has 0 aliphatic carbocycles. The van der Waals surface area contributed by atoms with E-state index in [0.29, 0.717) is 38.8 Å². The van der Waals surface area contributed by atoms with Gasteiger partial charge in [-0.05, 0) is 36.5 Å². The topological polar surface area (TPSA) is 66.8 Å². The SMILES string of the molecule is C[C@H]1C[C@H](C)CN([C@@H](c2ccccc2F)c2sc3nc(-c4ccco4)nn3c2O)C1. The number of piperidine rings is 1. The van der Waals surface area contributed by atoms with Gasteiger partial charge in [-0.1, -0.05) is 43.4 Å². The summed E-state index contributed by atoms with van der Waals surface area (Å²) >= 11 is 1.34. The van der Waals surface area contributed by atoms with Gasteiger partial charge in [0.05, 0.1) is 17.2 Å². The van der Waals surface area contributed by atoms with Gasteiger partial charge in [-0.3, -0.25) is 4.90 Å². The molecule has 5 rings (SSSR count). The summed E-state index contributed by atoms with van der Waals surface area (Å²) in [7, 11) is 0. The molecule has 0 saturated carbocycles. The van der Waals surface area contributed by atoms with Gasteiger partial charge in [-0.2, -0.15) is 9.50 Å². The molecule has 30 heavy (non-hydrogen) atoms. The van der Waals surface area contributed by atoms with E-state index in [1.807, 2.05) is 6.07 Å². The summed E-state index contributed by atoms with van der Waals surface area (Å²) in [6, 6.07) is 9.95. The molecule has 8 heteroatoms. The van der Waals surface area contributed by atoms with E-state index in [9.17, 15) is 9.50 Å². The third-order valence-corrected chi connectivity index (χ3v) is 6.72. The molecule has 4 heterocycles. The molecule has 0 unspecified atom stereocenters. The first-order valence-electron chi connectivity index (χ1n) is 10.1. The largest absolute Gasteiger partial charge is 0.492 e. The molecule has 4 aromatic rings. The van der Waals surface area contributed by atoms with Crippen LogP contribution in [0.5, 0.6) is 5.88 Å². The zero-order valence-corrected chi connectivity index (χ0v) is 17.6. The summed E-state index contributed by atoms with van der Waals surface area (Å²) in [5, 5.41) is 15.5. The lowest BCUT2D eigenvalue weighted by atomic mass is 9.89. The highest BCUT2D eigenvalue weighted by Crippen LogP contribution is 2.43. The first-order chi connectivity index (χ1) is 14.5. The minimum atomic E-state index is -0.392. The van der Waals surface area contributed by atoms with Gasteiger partial charge in [-0.25, -0.2) is 4.39 Å². The van der Waals surface area contributed by atoms with Gasteiger partial charge >= 0.3 is 0 Å². The molecular formula is C22H23FN4O2S. The first-order valence-corrected chi connectivity index (χ1v) is 10.9. The van der Waals surface area contributed by atoms with E-state index >= 15 is 0 Å². The Morgan fingerprint density at radius 3 is 2.60 bits per heavy atom. The molecule has 0 radical (unpaired) electrons. The Morgan fingerprint density at radius 1 is 1.17 bits per heavy atom. The predicted octanol–water partition coefficient (Wildman–Crippen LogP) is 4.96. The minimum absolute atomic E-state index is 0.000520. The van der Waals surface area contributed by atoms with E-state index < -0.39 is 6.04 Å². The van der Waals surface area contributed by atoms with Gasteiger partial charge in [0.15, 0.2) is 5.76 Å². The van der Waals surface area contributed by atoms with Crippen molar-refractivity contribution in [2.75, 3.05) is 13.1 Å². The molecule has 1 N–H and O–H groups in total. The second kappa shape index (κ2) is 7.52. The molecule has 156 valence electrons. The van der Waals surface area contributed by atoms with Crippen molar-refractivity contribution < 1.29 is 13.9 Å². The average Bonchev–Trinajstić information content (AvgIpc) is 3.42. The summed E-state index contributed by atoms with van der Waals surface area (Å²) < 4.78 is 21.7. The predicted molar refractivity (Wildman–Crippen MR) is 113 cm³/mol. The molecule has 0 bridgehead atoms. The minimum Gasteiger partial charge on any atom is -0.492 e. The highest BCUT2D eigenvalue weighted by Gasteiger charge is 2.35. The van der Waals surface area contributed by atoms with E-state index in [4.69, 9.17) is 4.42 Å². The van der Waals surface area contributed by atoms with Gasteiger partial charge in [0.2, 0.25) is 16.7 Å². The lowest BCUT2D eigenvalue weighted by Crippen LogP contribution is -2.41. The number of fused-ring (bicyclic) bond motifs is 1. The Hall–Kier alpha value is -2.71. The fourth-order valence-electron chi connectivity index (χ4n) is 4.56. The van der Waals surface area contributed by atoms with Crippen molar-refractivity contribution in [3.63, 3.8) is 0 Å². The Labute approximate surface area is 177 Å². The molecule has 1 aliphatic rings. The number of thiazole rings is 1. The van der Waals surface area contributed by atoms with Gasteiger partial charge in [0.1, 0.15) is 5.82 Å². The Morgan fingerprint density at radius 2 is 1.93 bits per heavy atom. The normalized spacial score (nSPS) is 21.3. The molecule has 3 aromatic heterocycles. The first kappa shape index (κ1) is 19.3. The van der Waals surface area contributed by atoms with E-state index in [1.165, 1.54) is 21.9 Å². The van der Waals surface area contributed by atoms with Crippen molar-refractivity contribution in [2.24, 2.45) is 11.8 Å². The van der Waals surface area contributed by atoms with Gasteiger partial charge in [0.25, 0.3) is 0 Å². The summed E-state index contributed by atoms with van der Waals surface area (Å²) in [6.45, 7) is 6.13. The van der Waals surface area contributed by atoms with Crippen LogP contribution >= 0.6 is 11.3 Å². The standard InChI is InChI=1S/C22H23FN4O2S/c1-13-10-14(2)12-26(11-13)18(15-6-3-4-7-16(15)23)19-21(28)27-22(30-19)24-20(25-27)17-8-5-9-29-17/h3-9,13-14,18,28H,10-12H2,1-2H3/t13-,14-,18-/m0/s1. The molecule has 1 saturated heterocycles. The van der Waals surface area contributed by atoms with Crippen molar-refractivity contribution in [3.8, 4) is 17.5 Å². The van der Waals surface area contributed by atoms with Crippen molar-refractivity contribution in [1.82, 2.24) is 19.5 Å². The van der Waals surface area contributed by atoms with Gasteiger partial charge in [-0.15, -0.1) is 5.10 Å². The second-order valence-electron chi connectivity index (χ2n) is 8.22. The van der Waals surface area contributed by atoms with Crippen LogP contribution in [0.3, 0.4) is 0 Å². The lowest BCUT2D eigenvalue weighted by Gasteiger charge is -2.40. The smallest absolute Gasteiger partial charge is 0.230 e. The molecule has 0 amide bonds. The summed E-state index contributed by atoms with van der Waals surface area (Å²) in [5.74, 6) is 1.67. The second-order valence-corrected chi connectivity index (χ2v) is 9.23.